The zero-order valence-electron chi connectivity index (χ0n) is 13.2. The molecule has 0 bridgehead atoms. The van der Waals surface area contributed by atoms with Gasteiger partial charge in [0.2, 0.25) is 5.91 Å². The van der Waals surface area contributed by atoms with Crippen LogP contribution in [0.2, 0.25) is 10.0 Å². The predicted molar refractivity (Wildman–Crippen MR) is 93.0 cm³/mol. The zero-order valence-corrected chi connectivity index (χ0v) is 14.7. The van der Waals surface area contributed by atoms with Crippen molar-refractivity contribution in [3.63, 3.8) is 0 Å². The van der Waals surface area contributed by atoms with Crippen LogP contribution in [0.4, 0.5) is 18.9 Å². The van der Waals surface area contributed by atoms with Crippen LogP contribution < -0.4 is 15.4 Å². The van der Waals surface area contributed by atoms with E-state index in [1.54, 1.807) is 6.07 Å². The summed E-state index contributed by atoms with van der Waals surface area (Å²) in [5, 5.41) is 0.158. The van der Waals surface area contributed by atoms with Gasteiger partial charge in [-0.2, -0.15) is 0 Å². The molecule has 9 heteroatoms. The van der Waals surface area contributed by atoms with Crippen molar-refractivity contribution in [3.8, 4) is 11.5 Å². The van der Waals surface area contributed by atoms with Gasteiger partial charge in [-0.15, -0.1) is 0 Å². The molecule has 0 spiro atoms. The number of nitrogens with two attached hydrogens (primary N) is 1. The molecule has 1 amide bonds. The summed E-state index contributed by atoms with van der Waals surface area (Å²) in [4.78, 5) is 13.2. The van der Waals surface area contributed by atoms with Crippen molar-refractivity contribution in [2.75, 3.05) is 11.4 Å². The Labute approximate surface area is 157 Å². The van der Waals surface area contributed by atoms with E-state index in [1.807, 2.05) is 0 Å². The highest BCUT2D eigenvalue weighted by Gasteiger charge is 2.35. The van der Waals surface area contributed by atoms with Gasteiger partial charge in [0.15, 0.2) is 5.75 Å². The van der Waals surface area contributed by atoms with Gasteiger partial charge in [0, 0.05) is 6.07 Å². The molecule has 0 saturated carbocycles. The molecule has 2 aromatic carbocycles. The summed E-state index contributed by atoms with van der Waals surface area (Å²) in [7, 11) is 0. The van der Waals surface area contributed by atoms with Crippen molar-refractivity contribution in [1.82, 2.24) is 0 Å². The van der Waals surface area contributed by atoms with E-state index in [2.05, 4.69) is 0 Å². The second-order valence-electron chi connectivity index (χ2n) is 5.71. The molecule has 0 aromatic heterocycles. The first kappa shape index (κ1) is 18.8. The molecule has 0 fully saturated rings. The third-order valence-electron chi connectivity index (χ3n) is 3.89. The Bertz CT molecular complexity index is 864. The van der Waals surface area contributed by atoms with E-state index in [1.165, 1.54) is 12.1 Å². The van der Waals surface area contributed by atoms with Crippen LogP contribution in [0.5, 0.6) is 11.5 Å². The number of nitrogens with zero attached hydrogens (tertiary/aromatic N) is 1. The van der Waals surface area contributed by atoms with Gasteiger partial charge in [-0.25, -0.2) is 13.2 Å². The van der Waals surface area contributed by atoms with Crippen molar-refractivity contribution in [1.29, 1.82) is 0 Å². The third-order valence-corrected chi connectivity index (χ3v) is 4.50. The average Bonchev–Trinajstić information content (AvgIpc) is 2.57. The zero-order chi connectivity index (χ0) is 19.0. The SMILES string of the molecule is N[C@@H]1Cc2ccc(Cl)c(Oc3cc(F)ccc3Cl)c2N(CC(F)F)C1=O. The lowest BCUT2D eigenvalue weighted by atomic mass is 9.97. The van der Waals surface area contributed by atoms with E-state index >= 15 is 0 Å². The molecular weight excluding hydrogens is 392 g/mol. The van der Waals surface area contributed by atoms with Crippen molar-refractivity contribution in [3.05, 3.63) is 51.8 Å². The maximum absolute atomic E-state index is 13.5. The van der Waals surface area contributed by atoms with Crippen LogP contribution in [0.1, 0.15) is 5.56 Å². The Morgan fingerprint density at radius 1 is 1.23 bits per heavy atom. The number of alkyl halides is 2. The number of carbonyl (C=O) groups excluding carboxylic acids is 1. The average molecular weight is 405 g/mol. The number of hydrogen-bond acceptors (Lipinski definition) is 3. The molecule has 4 nitrogen and oxygen atoms in total. The van der Waals surface area contributed by atoms with Crippen molar-refractivity contribution in [2.24, 2.45) is 5.73 Å². The smallest absolute Gasteiger partial charge is 0.256 e. The van der Waals surface area contributed by atoms with Crippen LogP contribution in [-0.4, -0.2) is 24.9 Å². The molecule has 2 aromatic rings. The monoisotopic (exact) mass is 404 g/mol. The number of ether oxygens (including phenoxy) is 1. The van der Waals surface area contributed by atoms with E-state index < -0.39 is 30.7 Å². The van der Waals surface area contributed by atoms with Gasteiger partial charge >= 0.3 is 0 Å². The fourth-order valence-electron chi connectivity index (χ4n) is 2.76. The molecular formula is C17H13Cl2F3N2O2. The Morgan fingerprint density at radius 3 is 2.62 bits per heavy atom. The number of halogens is 5. The van der Waals surface area contributed by atoms with E-state index in [0.29, 0.717) is 5.56 Å². The number of anilines is 1. The summed E-state index contributed by atoms with van der Waals surface area (Å²) in [6.07, 6.45) is -2.65. The first-order chi connectivity index (χ1) is 12.3. The highest BCUT2D eigenvalue weighted by atomic mass is 35.5. The maximum atomic E-state index is 13.5. The van der Waals surface area contributed by atoms with Gasteiger partial charge in [-0.1, -0.05) is 29.3 Å². The number of benzene rings is 2. The van der Waals surface area contributed by atoms with Crippen molar-refractivity contribution >= 4 is 34.8 Å². The van der Waals surface area contributed by atoms with E-state index in [4.69, 9.17) is 33.7 Å². The molecule has 0 aliphatic carbocycles. The van der Waals surface area contributed by atoms with E-state index in [0.717, 1.165) is 17.0 Å². The van der Waals surface area contributed by atoms with Crippen LogP contribution in [0.15, 0.2) is 30.3 Å². The highest BCUT2D eigenvalue weighted by Crippen LogP contribution is 2.45. The fourth-order valence-corrected chi connectivity index (χ4v) is 3.11. The van der Waals surface area contributed by atoms with Gasteiger partial charge in [-0.3, -0.25) is 4.79 Å². The molecule has 1 aliphatic heterocycles. The summed E-state index contributed by atoms with van der Waals surface area (Å²) in [5.74, 6) is -1.39. The second-order valence-corrected chi connectivity index (χ2v) is 6.53. The van der Waals surface area contributed by atoms with Crippen LogP contribution in [0.3, 0.4) is 0 Å². The summed E-state index contributed by atoms with van der Waals surface area (Å²) < 4.78 is 45.2. The summed E-state index contributed by atoms with van der Waals surface area (Å²) >= 11 is 12.2. The van der Waals surface area contributed by atoms with Gasteiger partial charge < -0.3 is 15.4 Å². The number of rotatable bonds is 4. The Kier molecular flexibility index (Phi) is 5.32. The number of fused-ring (bicyclic) bond motifs is 1. The fraction of sp³-hybridized carbons (Fsp3) is 0.235. The lowest BCUT2D eigenvalue weighted by Crippen LogP contribution is -2.50. The van der Waals surface area contributed by atoms with Crippen LogP contribution in [-0.2, 0) is 11.2 Å². The Balaban J connectivity index is 2.13. The predicted octanol–water partition coefficient (Wildman–Crippen LogP) is 4.41. The summed E-state index contributed by atoms with van der Waals surface area (Å²) in [5.41, 5.74) is 6.37. The minimum Gasteiger partial charge on any atom is -0.452 e. The topological polar surface area (TPSA) is 55.6 Å². The number of hydrogen-bond donors (Lipinski definition) is 1. The maximum Gasteiger partial charge on any atom is 0.256 e. The third kappa shape index (κ3) is 3.60. The van der Waals surface area contributed by atoms with Gasteiger partial charge in [0.05, 0.1) is 28.3 Å². The largest absolute Gasteiger partial charge is 0.452 e. The minimum absolute atomic E-state index is 0.0544. The molecule has 2 N–H and O–H groups in total. The van der Waals surface area contributed by atoms with E-state index in [9.17, 15) is 18.0 Å². The summed E-state index contributed by atoms with van der Waals surface area (Å²) in [6.45, 7) is -0.868. The molecule has 3 rings (SSSR count). The quantitative estimate of drug-likeness (QED) is 0.820. The van der Waals surface area contributed by atoms with Crippen molar-refractivity contribution < 1.29 is 22.7 Å². The minimum atomic E-state index is -2.79. The first-order valence-electron chi connectivity index (χ1n) is 7.57. The summed E-state index contributed by atoms with van der Waals surface area (Å²) in [6, 6.07) is 5.59. The van der Waals surface area contributed by atoms with Gasteiger partial charge in [-0.05, 0) is 30.2 Å². The highest BCUT2D eigenvalue weighted by molar-refractivity contribution is 6.33. The molecule has 1 aliphatic rings. The Hall–Kier alpha value is -1.96. The molecule has 0 saturated heterocycles. The van der Waals surface area contributed by atoms with Crippen LogP contribution >= 0.6 is 23.2 Å². The second kappa shape index (κ2) is 7.34. The molecule has 138 valence electrons. The van der Waals surface area contributed by atoms with Gasteiger partial charge in [0.25, 0.3) is 6.43 Å². The lowest BCUT2D eigenvalue weighted by Gasteiger charge is -2.34. The Morgan fingerprint density at radius 2 is 1.92 bits per heavy atom. The molecule has 0 unspecified atom stereocenters. The molecule has 26 heavy (non-hydrogen) atoms. The molecule has 1 heterocycles. The van der Waals surface area contributed by atoms with Crippen molar-refractivity contribution in [2.45, 2.75) is 18.9 Å². The molecule has 1 atom stereocenters. The first-order valence-corrected chi connectivity index (χ1v) is 8.33. The number of carbonyl (C=O) groups is 1. The molecule has 0 radical (unpaired) electrons. The number of amides is 1. The standard InChI is InChI=1S/C17H13Cl2F3N2O2/c18-10-4-2-9(20)6-13(10)26-16-11(19)3-1-8-5-12(23)17(25)24(15(8)16)7-14(21)22/h1-4,6,12,14H,5,7,23H2/t12-/m1/s1. The van der Waals surface area contributed by atoms with Crippen LogP contribution in [0, 0.1) is 5.82 Å². The lowest BCUT2D eigenvalue weighted by molar-refractivity contribution is -0.120. The van der Waals surface area contributed by atoms with E-state index in [-0.39, 0.29) is 33.7 Å². The van der Waals surface area contributed by atoms with Crippen LogP contribution in [0.25, 0.3) is 0 Å². The van der Waals surface area contributed by atoms with Gasteiger partial charge in [0.1, 0.15) is 11.6 Å². The normalized spacial score (nSPS) is 16.8.